The molecule has 1 radical (unpaired) electrons. The van der Waals surface area contributed by atoms with Crippen molar-refractivity contribution in [2.75, 3.05) is 6.26 Å². The number of hydrogen-bond donors (Lipinski definition) is 0. The Hall–Kier alpha value is 0.150. The monoisotopic (exact) mass is 191 g/mol. The molecule has 0 bridgehead atoms. The van der Waals surface area contributed by atoms with E-state index >= 15 is 0 Å². The summed E-state index contributed by atoms with van der Waals surface area (Å²) < 4.78 is 0. The molecule has 3 heteroatoms. The topological polar surface area (TPSA) is 0 Å². The smallest absolute Gasteiger partial charge is 0.0511 e. The van der Waals surface area contributed by atoms with Crippen molar-refractivity contribution >= 4 is 35.0 Å². The van der Waals surface area contributed by atoms with E-state index in [0.717, 1.165) is 4.90 Å². The summed E-state index contributed by atoms with van der Waals surface area (Å²) >= 11 is 13.0. The Labute approximate surface area is 74.5 Å². The predicted molar refractivity (Wildman–Crippen MR) is 47.1 cm³/mol. The SMILES string of the molecule is CSc1[c]c(Cl)cc(Cl)c1. The molecule has 0 amide bonds. The molecule has 0 aliphatic rings. The molecule has 0 atom stereocenters. The molecule has 0 saturated carbocycles. The predicted octanol–water partition coefficient (Wildman–Crippen LogP) is 3.52. The van der Waals surface area contributed by atoms with Gasteiger partial charge in [0.1, 0.15) is 0 Å². The molecule has 0 saturated heterocycles. The molecule has 0 aromatic heterocycles. The van der Waals surface area contributed by atoms with Gasteiger partial charge in [0.15, 0.2) is 0 Å². The Morgan fingerprint density at radius 3 is 2.60 bits per heavy atom. The van der Waals surface area contributed by atoms with Crippen molar-refractivity contribution in [3.05, 3.63) is 28.2 Å². The van der Waals surface area contributed by atoms with Gasteiger partial charge in [-0.1, -0.05) is 23.2 Å². The molecule has 1 aromatic rings. The van der Waals surface area contributed by atoms with Gasteiger partial charge in [-0.25, -0.2) is 0 Å². The van der Waals surface area contributed by atoms with Crippen molar-refractivity contribution in [3.63, 3.8) is 0 Å². The molecule has 0 N–H and O–H groups in total. The molecular weight excluding hydrogens is 187 g/mol. The van der Waals surface area contributed by atoms with Gasteiger partial charge in [0.2, 0.25) is 0 Å². The van der Waals surface area contributed by atoms with Crippen LogP contribution in [-0.4, -0.2) is 6.26 Å². The van der Waals surface area contributed by atoms with Gasteiger partial charge in [0, 0.05) is 16.0 Å². The summed E-state index contributed by atoms with van der Waals surface area (Å²) in [5.41, 5.74) is 0. The lowest BCUT2D eigenvalue weighted by Gasteiger charge is -1.96. The van der Waals surface area contributed by atoms with Crippen LogP contribution in [0, 0.1) is 6.07 Å². The molecule has 0 nitrogen and oxygen atoms in total. The Morgan fingerprint density at radius 1 is 1.40 bits per heavy atom. The molecule has 0 unspecified atom stereocenters. The summed E-state index contributed by atoms with van der Waals surface area (Å²) in [6, 6.07) is 6.44. The second-order valence-corrected chi connectivity index (χ2v) is 3.41. The van der Waals surface area contributed by atoms with Crippen LogP contribution in [0.4, 0.5) is 0 Å². The summed E-state index contributed by atoms with van der Waals surface area (Å²) in [6.45, 7) is 0. The zero-order chi connectivity index (χ0) is 7.56. The molecule has 1 rings (SSSR count). The maximum Gasteiger partial charge on any atom is 0.0511 e. The van der Waals surface area contributed by atoms with Gasteiger partial charge >= 0.3 is 0 Å². The average Bonchev–Trinajstić information content (AvgIpc) is 1.85. The van der Waals surface area contributed by atoms with E-state index < -0.39 is 0 Å². The van der Waals surface area contributed by atoms with E-state index in [-0.39, 0.29) is 0 Å². The summed E-state index contributed by atoms with van der Waals surface area (Å²) in [6.07, 6.45) is 1.96. The quantitative estimate of drug-likeness (QED) is 0.613. The van der Waals surface area contributed by atoms with E-state index in [9.17, 15) is 0 Å². The first kappa shape index (κ1) is 8.25. The fraction of sp³-hybridized carbons (Fsp3) is 0.143. The van der Waals surface area contributed by atoms with Crippen LogP contribution in [0.5, 0.6) is 0 Å². The van der Waals surface area contributed by atoms with Gasteiger partial charge < -0.3 is 0 Å². The van der Waals surface area contributed by atoms with Gasteiger partial charge in [-0.05, 0) is 18.4 Å². The first-order chi connectivity index (χ1) is 4.72. The lowest BCUT2D eigenvalue weighted by Crippen LogP contribution is -1.71. The second-order valence-electron chi connectivity index (χ2n) is 1.71. The summed E-state index contributed by atoms with van der Waals surface area (Å²) in [5, 5.41) is 1.23. The molecule has 0 aliphatic carbocycles. The minimum atomic E-state index is 0.567. The molecule has 1 aromatic carbocycles. The van der Waals surface area contributed by atoms with Crippen molar-refractivity contribution in [1.29, 1.82) is 0 Å². The van der Waals surface area contributed by atoms with Crippen LogP contribution in [-0.2, 0) is 0 Å². The van der Waals surface area contributed by atoms with Gasteiger partial charge in [-0.3, -0.25) is 0 Å². The molecule has 0 heterocycles. The van der Waals surface area contributed by atoms with Crippen LogP contribution in [0.25, 0.3) is 0 Å². The molecular formula is C7H5Cl2S. The Balaban J connectivity index is 3.06. The second kappa shape index (κ2) is 3.51. The molecule has 0 fully saturated rings. The summed E-state index contributed by atoms with van der Waals surface area (Å²) in [4.78, 5) is 0.970. The number of benzene rings is 1. The first-order valence-corrected chi connectivity index (χ1v) is 4.63. The number of halogens is 2. The number of thioether (sulfide) groups is 1. The fourth-order valence-electron chi connectivity index (χ4n) is 0.588. The molecule has 10 heavy (non-hydrogen) atoms. The third-order valence-electron chi connectivity index (χ3n) is 0.996. The fourth-order valence-corrected chi connectivity index (χ4v) is 1.66. The Kier molecular flexibility index (Phi) is 2.90. The minimum absolute atomic E-state index is 0.567. The largest absolute Gasteiger partial charge is 0.129 e. The number of hydrogen-bond acceptors (Lipinski definition) is 1. The normalized spacial score (nSPS) is 9.90. The minimum Gasteiger partial charge on any atom is -0.129 e. The van der Waals surface area contributed by atoms with E-state index in [1.165, 1.54) is 0 Å². The van der Waals surface area contributed by atoms with Gasteiger partial charge in [-0.2, -0.15) is 0 Å². The summed E-state index contributed by atoms with van der Waals surface area (Å²) in [7, 11) is 0. The Bertz CT molecular complexity index is 215. The zero-order valence-electron chi connectivity index (χ0n) is 5.32. The van der Waals surface area contributed by atoms with Crippen molar-refractivity contribution in [2.45, 2.75) is 4.90 Å². The van der Waals surface area contributed by atoms with Crippen LogP contribution >= 0.6 is 35.0 Å². The van der Waals surface area contributed by atoms with Gasteiger partial charge in [-0.15, -0.1) is 11.8 Å². The standard InChI is InChI=1S/C7H5Cl2S/c1-10-7-3-5(8)2-6(9)4-7/h2-3H,1H3. The average molecular weight is 192 g/mol. The van der Waals surface area contributed by atoms with Crippen molar-refractivity contribution < 1.29 is 0 Å². The highest BCUT2D eigenvalue weighted by molar-refractivity contribution is 7.98. The van der Waals surface area contributed by atoms with Crippen molar-refractivity contribution in [1.82, 2.24) is 0 Å². The van der Waals surface area contributed by atoms with Gasteiger partial charge in [0.05, 0.1) is 5.02 Å². The van der Waals surface area contributed by atoms with E-state index in [0.29, 0.717) is 10.0 Å². The van der Waals surface area contributed by atoms with E-state index in [1.807, 2.05) is 12.3 Å². The van der Waals surface area contributed by atoms with E-state index in [4.69, 9.17) is 23.2 Å². The third-order valence-corrected chi connectivity index (χ3v) is 2.08. The maximum atomic E-state index is 5.71. The lowest BCUT2D eigenvalue weighted by molar-refractivity contribution is 1.45. The van der Waals surface area contributed by atoms with Crippen LogP contribution in [0.15, 0.2) is 17.0 Å². The van der Waals surface area contributed by atoms with E-state index in [1.54, 1.807) is 17.8 Å². The Morgan fingerprint density at radius 2 is 2.10 bits per heavy atom. The van der Waals surface area contributed by atoms with E-state index in [2.05, 4.69) is 6.07 Å². The highest BCUT2D eigenvalue weighted by Gasteiger charge is 1.95. The molecule has 0 aliphatic heterocycles. The maximum absolute atomic E-state index is 5.71. The van der Waals surface area contributed by atoms with Crippen LogP contribution in [0.2, 0.25) is 10.0 Å². The van der Waals surface area contributed by atoms with Crippen LogP contribution in [0.1, 0.15) is 0 Å². The highest BCUT2D eigenvalue weighted by Crippen LogP contribution is 2.23. The zero-order valence-corrected chi connectivity index (χ0v) is 7.65. The van der Waals surface area contributed by atoms with Gasteiger partial charge in [0.25, 0.3) is 0 Å². The molecule has 53 valence electrons. The first-order valence-electron chi connectivity index (χ1n) is 2.65. The van der Waals surface area contributed by atoms with Crippen molar-refractivity contribution in [3.8, 4) is 0 Å². The van der Waals surface area contributed by atoms with Crippen LogP contribution < -0.4 is 0 Å². The summed E-state index contributed by atoms with van der Waals surface area (Å²) in [5.74, 6) is 0. The third kappa shape index (κ3) is 2.08. The highest BCUT2D eigenvalue weighted by atomic mass is 35.5. The number of rotatable bonds is 1. The molecule has 0 spiro atoms. The lowest BCUT2D eigenvalue weighted by atomic mass is 10.4. The van der Waals surface area contributed by atoms with Crippen LogP contribution in [0.3, 0.4) is 0 Å². The van der Waals surface area contributed by atoms with Crippen molar-refractivity contribution in [2.24, 2.45) is 0 Å².